The standard InChI is InChI=1S/C38H56N2O6/c1-29(2)15-21-45-35-11-7-31(8-12-35)37(41)33(27-39-17-23-43-24-18-39)5-6-34(28-40-19-25-44-26-20-40)38(42)32-9-13-36(14-10-32)46-22-16-30(3)4/h7-14,29-30,33-34H,5-6,15-28H2,1-4H3/p+2. The Morgan fingerprint density at radius 1 is 0.587 bits per heavy atom. The van der Waals surface area contributed by atoms with Crippen LogP contribution in [0.15, 0.2) is 48.5 Å². The molecule has 8 nitrogen and oxygen atoms in total. The number of quaternary nitrogens is 2. The van der Waals surface area contributed by atoms with E-state index in [4.69, 9.17) is 18.9 Å². The lowest BCUT2D eigenvalue weighted by molar-refractivity contribution is -0.911. The Balaban J connectivity index is 1.46. The molecule has 2 atom stereocenters. The minimum absolute atomic E-state index is 0.153. The van der Waals surface area contributed by atoms with E-state index in [1.807, 2.05) is 48.5 Å². The van der Waals surface area contributed by atoms with Crippen LogP contribution in [-0.2, 0) is 9.47 Å². The van der Waals surface area contributed by atoms with Crippen molar-refractivity contribution in [2.75, 3.05) is 78.9 Å². The van der Waals surface area contributed by atoms with Crippen LogP contribution in [-0.4, -0.2) is 90.5 Å². The normalized spacial score (nSPS) is 17.6. The van der Waals surface area contributed by atoms with Crippen molar-refractivity contribution in [2.24, 2.45) is 23.7 Å². The van der Waals surface area contributed by atoms with Gasteiger partial charge in [0, 0.05) is 11.1 Å². The first-order chi connectivity index (χ1) is 22.3. The van der Waals surface area contributed by atoms with Gasteiger partial charge in [-0.1, -0.05) is 27.7 Å². The highest BCUT2D eigenvalue weighted by atomic mass is 16.5. The summed E-state index contributed by atoms with van der Waals surface area (Å²) in [4.78, 5) is 30.9. The molecule has 2 aromatic carbocycles. The average molecular weight is 639 g/mol. The number of hydrogen-bond acceptors (Lipinski definition) is 6. The van der Waals surface area contributed by atoms with Crippen LogP contribution in [0.3, 0.4) is 0 Å². The van der Waals surface area contributed by atoms with Gasteiger partial charge in [-0.25, -0.2) is 0 Å². The number of hydrogen-bond donors (Lipinski definition) is 2. The quantitative estimate of drug-likeness (QED) is 0.230. The van der Waals surface area contributed by atoms with Crippen LogP contribution < -0.4 is 19.3 Å². The fourth-order valence-electron chi connectivity index (χ4n) is 6.21. The van der Waals surface area contributed by atoms with Gasteiger partial charge in [0.25, 0.3) is 0 Å². The fraction of sp³-hybridized carbons (Fsp3) is 0.632. The molecule has 0 aliphatic carbocycles. The Kier molecular flexibility index (Phi) is 15.0. The summed E-state index contributed by atoms with van der Waals surface area (Å²) in [5, 5.41) is 0. The molecule has 8 heteroatoms. The van der Waals surface area contributed by atoms with E-state index in [1.165, 1.54) is 9.80 Å². The average Bonchev–Trinajstić information content (AvgIpc) is 3.06. The van der Waals surface area contributed by atoms with Crippen molar-refractivity contribution < 1.29 is 38.3 Å². The second-order valence-corrected chi connectivity index (χ2v) is 13.9. The van der Waals surface area contributed by atoms with Gasteiger partial charge >= 0.3 is 0 Å². The van der Waals surface area contributed by atoms with Gasteiger partial charge < -0.3 is 28.7 Å². The van der Waals surface area contributed by atoms with Gasteiger partial charge in [-0.3, -0.25) is 9.59 Å². The van der Waals surface area contributed by atoms with Crippen LogP contribution in [0.1, 0.15) is 74.1 Å². The number of ketones is 2. The van der Waals surface area contributed by atoms with E-state index in [-0.39, 0.29) is 23.4 Å². The molecule has 0 spiro atoms. The zero-order valence-electron chi connectivity index (χ0n) is 28.7. The second kappa shape index (κ2) is 19.1. The molecule has 2 aliphatic heterocycles. The fourth-order valence-corrected chi connectivity index (χ4v) is 6.21. The first kappa shape index (κ1) is 36.1. The highest BCUT2D eigenvalue weighted by Crippen LogP contribution is 2.23. The monoisotopic (exact) mass is 638 g/mol. The number of Topliss-reactive ketones (excluding diaryl/α,β-unsaturated/α-hetero) is 2. The molecule has 0 amide bonds. The zero-order chi connectivity index (χ0) is 32.7. The van der Waals surface area contributed by atoms with Crippen LogP contribution in [0.25, 0.3) is 0 Å². The third kappa shape index (κ3) is 12.1. The number of morpholine rings is 2. The first-order valence-electron chi connectivity index (χ1n) is 17.6. The van der Waals surface area contributed by atoms with E-state index in [1.54, 1.807) is 0 Å². The van der Waals surface area contributed by atoms with E-state index in [0.717, 1.165) is 90.0 Å². The molecule has 2 saturated heterocycles. The molecule has 0 bridgehead atoms. The van der Waals surface area contributed by atoms with Crippen molar-refractivity contribution in [3.63, 3.8) is 0 Å². The maximum absolute atomic E-state index is 14.0. The molecule has 2 aliphatic rings. The Labute approximate surface area is 276 Å². The van der Waals surface area contributed by atoms with E-state index >= 15 is 0 Å². The summed E-state index contributed by atoms with van der Waals surface area (Å²) in [6, 6.07) is 15.3. The van der Waals surface area contributed by atoms with Crippen LogP contribution in [0.5, 0.6) is 11.5 Å². The Hall–Kier alpha value is -2.78. The Morgan fingerprint density at radius 2 is 0.935 bits per heavy atom. The lowest BCUT2D eigenvalue weighted by Gasteiger charge is -2.29. The van der Waals surface area contributed by atoms with Crippen LogP contribution in [0.2, 0.25) is 0 Å². The van der Waals surface area contributed by atoms with Gasteiger partial charge in [0.1, 0.15) is 37.7 Å². The van der Waals surface area contributed by atoms with Gasteiger partial charge in [0.05, 0.1) is 64.6 Å². The van der Waals surface area contributed by atoms with Crippen LogP contribution in [0, 0.1) is 23.7 Å². The van der Waals surface area contributed by atoms with Crippen molar-refractivity contribution in [1.82, 2.24) is 0 Å². The van der Waals surface area contributed by atoms with E-state index in [0.29, 0.717) is 49.0 Å². The van der Waals surface area contributed by atoms with Crippen LogP contribution in [0.4, 0.5) is 0 Å². The van der Waals surface area contributed by atoms with Gasteiger partial charge in [-0.05, 0) is 86.1 Å². The minimum atomic E-state index is -0.174. The molecule has 4 rings (SSSR count). The predicted octanol–water partition coefficient (Wildman–Crippen LogP) is 3.44. The summed E-state index contributed by atoms with van der Waals surface area (Å²) in [5.74, 6) is 2.71. The molecule has 2 heterocycles. The Morgan fingerprint density at radius 3 is 1.26 bits per heavy atom. The molecule has 2 aromatic rings. The molecule has 254 valence electrons. The summed E-state index contributed by atoms with van der Waals surface area (Å²) in [6.45, 7) is 18.1. The predicted molar refractivity (Wildman–Crippen MR) is 180 cm³/mol. The molecule has 2 fully saturated rings. The molecular formula is C38H58N2O6+2. The number of ether oxygens (including phenoxy) is 4. The van der Waals surface area contributed by atoms with Crippen molar-refractivity contribution >= 4 is 11.6 Å². The third-order valence-electron chi connectivity index (χ3n) is 9.28. The van der Waals surface area contributed by atoms with Crippen molar-refractivity contribution in [1.29, 1.82) is 0 Å². The number of nitrogens with one attached hydrogen (secondary N) is 2. The van der Waals surface area contributed by atoms with Crippen molar-refractivity contribution in [2.45, 2.75) is 53.4 Å². The summed E-state index contributed by atoms with van der Waals surface area (Å²) in [6.07, 6.45) is 3.33. The van der Waals surface area contributed by atoms with Crippen LogP contribution >= 0.6 is 0 Å². The van der Waals surface area contributed by atoms with Gasteiger partial charge in [-0.2, -0.15) is 0 Å². The maximum atomic E-state index is 14.0. The summed E-state index contributed by atoms with van der Waals surface area (Å²) >= 11 is 0. The molecule has 46 heavy (non-hydrogen) atoms. The SMILES string of the molecule is CC(C)CCOc1ccc(C(=O)C(CCC(C[NH+]2CCOCC2)C(=O)c2ccc(OCCC(C)C)cc2)C[NH+]2CCOCC2)cc1. The highest BCUT2D eigenvalue weighted by Gasteiger charge is 2.32. The maximum Gasteiger partial charge on any atom is 0.171 e. The largest absolute Gasteiger partial charge is 0.494 e. The number of benzene rings is 2. The van der Waals surface area contributed by atoms with E-state index < -0.39 is 0 Å². The lowest BCUT2D eigenvalue weighted by atomic mass is 9.86. The second-order valence-electron chi connectivity index (χ2n) is 13.9. The summed E-state index contributed by atoms with van der Waals surface area (Å²) < 4.78 is 23.0. The molecule has 0 aromatic heterocycles. The van der Waals surface area contributed by atoms with Gasteiger partial charge in [-0.15, -0.1) is 0 Å². The lowest BCUT2D eigenvalue weighted by Crippen LogP contribution is -3.15. The number of carbonyl (C=O) groups excluding carboxylic acids is 2. The van der Waals surface area contributed by atoms with Crippen molar-refractivity contribution in [3.05, 3.63) is 59.7 Å². The number of carbonyl (C=O) groups is 2. The Bertz CT molecular complexity index is 1080. The molecule has 2 unspecified atom stereocenters. The molecule has 0 radical (unpaired) electrons. The van der Waals surface area contributed by atoms with E-state index in [2.05, 4.69) is 27.7 Å². The topological polar surface area (TPSA) is 79.9 Å². The molecule has 0 saturated carbocycles. The third-order valence-corrected chi connectivity index (χ3v) is 9.28. The van der Waals surface area contributed by atoms with Crippen molar-refractivity contribution in [3.8, 4) is 11.5 Å². The number of rotatable bonds is 19. The molecular weight excluding hydrogens is 580 g/mol. The van der Waals surface area contributed by atoms with Gasteiger partial charge in [0.15, 0.2) is 11.6 Å². The molecule has 2 N–H and O–H groups in total. The van der Waals surface area contributed by atoms with E-state index in [9.17, 15) is 9.59 Å². The smallest absolute Gasteiger partial charge is 0.171 e. The summed E-state index contributed by atoms with van der Waals surface area (Å²) in [5.41, 5.74) is 1.42. The van der Waals surface area contributed by atoms with Gasteiger partial charge in [0.2, 0.25) is 0 Å². The first-order valence-corrected chi connectivity index (χ1v) is 17.6. The summed E-state index contributed by atoms with van der Waals surface area (Å²) in [7, 11) is 0. The minimum Gasteiger partial charge on any atom is -0.494 e. The highest BCUT2D eigenvalue weighted by molar-refractivity contribution is 5.99. The zero-order valence-corrected chi connectivity index (χ0v) is 28.7.